The van der Waals surface area contributed by atoms with E-state index in [9.17, 15) is 15.0 Å². The van der Waals surface area contributed by atoms with Gasteiger partial charge in [0, 0.05) is 30.3 Å². The molecule has 0 aromatic heterocycles. The molecule has 0 radical (unpaired) electrons. The van der Waals surface area contributed by atoms with Gasteiger partial charge in [-0.3, -0.25) is 4.79 Å². The van der Waals surface area contributed by atoms with Gasteiger partial charge in [-0.2, -0.15) is 0 Å². The van der Waals surface area contributed by atoms with Gasteiger partial charge in [0.05, 0.1) is 34.1 Å². The maximum absolute atomic E-state index is 16.6. The second-order valence-corrected chi connectivity index (χ2v) is 34.0. The molecule has 18 atom stereocenters. The first-order valence-electron chi connectivity index (χ1n) is 38.0. The lowest BCUT2D eigenvalue weighted by Gasteiger charge is -2.72. The first kappa shape index (κ1) is 63.2. The quantitative estimate of drug-likeness (QED) is 0.0707. The molecule has 16 rings (SSSR count). The lowest BCUT2D eigenvalue weighted by molar-refractivity contribution is -0.340. The van der Waals surface area contributed by atoms with Crippen LogP contribution in [0.4, 0.5) is 0 Å². The standard InChI is InChI=1S/C87H106O7/c1-58(22-18-25-59-23-8-4-9-24-59)34-37-72(88)87-73(89)41-48-81(3,65-40-50-84-49-39-62-54-85(64-29-12-6-13-30-64)47-17-14-33-69(85)68-36-35-61-26-19-32-67(70(84)53-65)75(61)76(68)77(62)84)78(87)71-56-80(2,86(87,92)51-38-60-52-74(90)93-57-60)42-21-44-82(79(91)94-71)43-20-31-66(55-82)83(45-15-7-16-46-83)63-27-10-5-11-28-63/h4-6,8-13,19,23-24,26-30,32,35-36,52,58,62,65-66,69-73,77-78,88-89,92H,7,14-18,20,22,25,31,33-34,37-41,43-51,53-57H2,1-3H3. The molecule has 9 aliphatic carbocycles. The molecule has 3 N–H and O–H groups in total. The molecule has 2 aliphatic heterocycles. The highest BCUT2D eigenvalue weighted by Crippen LogP contribution is 2.78. The molecule has 18 unspecified atom stereocenters. The minimum Gasteiger partial charge on any atom is -0.462 e. The summed E-state index contributed by atoms with van der Waals surface area (Å²) < 4.78 is 13.3. The highest BCUT2D eigenvalue weighted by Gasteiger charge is 2.79. The molecule has 2 heterocycles. The summed E-state index contributed by atoms with van der Waals surface area (Å²) in [4.78, 5) is 29.5. The van der Waals surface area contributed by atoms with E-state index in [4.69, 9.17) is 9.47 Å². The first-order chi connectivity index (χ1) is 45.6. The highest BCUT2D eigenvalue weighted by molar-refractivity contribution is 5.93. The maximum atomic E-state index is 16.6. The number of benzene rings is 5. The summed E-state index contributed by atoms with van der Waals surface area (Å²) in [6, 6.07) is 46.0. The number of rotatable bonds is 15. The van der Waals surface area contributed by atoms with E-state index in [-0.39, 0.29) is 59.0 Å². The molecule has 0 amide bonds. The normalized spacial score (nSPS) is 39.1. The molecular weight excluding hydrogens is 1160 g/mol. The van der Waals surface area contributed by atoms with E-state index in [0.29, 0.717) is 81.5 Å². The molecule has 7 saturated carbocycles. The Morgan fingerprint density at radius 3 is 2.15 bits per heavy atom. The average Bonchev–Trinajstić information content (AvgIpc) is 1.00. The van der Waals surface area contributed by atoms with Crippen LogP contribution in [-0.2, 0) is 36.3 Å². The SMILES string of the molecule is CC(CCCc1ccccc1)CCC(O)C12C(O)CCC(C)(C3CCC45CCC6CC7(c8ccccc8)CCCCC7c7ccc8cccc(c8c7C64)C5C3)C1C1CC(C)(C#CCC3(CCCC(C4(c5ccccc5)CCCCC4)C3)C(=O)O1)C2(O)CCC1=CC(=O)OC1. The van der Waals surface area contributed by atoms with Crippen molar-refractivity contribution in [1.82, 2.24) is 0 Å². The summed E-state index contributed by atoms with van der Waals surface area (Å²) in [5.41, 5.74) is 4.09. The van der Waals surface area contributed by atoms with Gasteiger partial charge in [0.1, 0.15) is 12.7 Å². The maximum Gasteiger partial charge on any atom is 0.331 e. The van der Waals surface area contributed by atoms with Gasteiger partial charge < -0.3 is 24.8 Å². The Bertz CT molecular complexity index is 3750. The fourth-order valence-electron chi connectivity index (χ4n) is 25.7. The van der Waals surface area contributed by atoms with Gasteiger partial charge in [-0.1, -0.05) is 186 Å². The molecule has 2 bridgehead atoms. The number of cyclic esters (lactones) is 1. The second kappa shape index (κ2) is 24.2. The van der Waals surface area contributed by atoms with Gasteiger partial charge in [0.25, 0.3) is 0 Å². The van der Waals surface area contributed by atoms with E-state index in [1.807, 2.05) is 0 Å². The Labute approximate surface area is 561 Å². The second-order valence-electron chi connectivity index (χ2n) is 34.0. The molecule has 2 spiro atoms. The molecular formula is C87H106O7. The summed E-state index contributed by atoms with van der Waals surface area (Å²) in [5, 5.41) is 46.4. The zero-order valence-corrected chi connectivity index (χ0v) is 56.9. The topological polar surface area (TPSA) is 113 Å². The van der Waals surface area contributed by atoms with Crippen molar-refractivity contribution in [3.63, 3.8) is 0 Å². The van der Waals surface area contributed by atoms with Crippen molar-refractivity contribution in [3.05, 3.63) is 166 Å². The van der Waals surface area contributed by atoms with Crippen LogP contribution in [0.15, 0.2) is 133 Å². The monoisotopic (exact) mass is 1260 g/mol. The molecule has 7 nitrogen and oxygen atoms in total. The molecule has 94 heavy (non-hydrogen) atoms. The molecule has 496 valence electrons. The summed E-state index contributed by atoms with van der Waals surface area (Å²) >= 11 is 0. The predicted molar refractivity (Wildman–Crippen MR) is 373 cm³/mol. The largest absolute Gasteiger partial charge is 0.462 e. The van der Waals surface area contributed by atoms with Crippen LogP contribution in [0.2, 0.25) is 0 Å². The van der Waals surface area contributed by atoms with Gasteiger partial charge in [-0.25, -0.2) is 4.79 Å². The van der Waals surface area contributed by atoms with E-state index in [1.54, 1.807) is 22.8 Å². The smallest absolute Gasteiger partial charge is 0.331 e. The van der Waals surface area contributed by atoms with Gasteiger partial charge in [-0.05, 0) is 249 Å². The van der Waals surface area contributed by atoms with Gasteiger partial charge in [0.15, 0.2) is 0 Å². The molecule has 7 fully saturated rings. The summed E-state index contributed by atoms with van der Waals surface area (Å²) in [6.45, 7) is 7.05. The van der Waals surface area contributed by atoms with Crippen molar-refractivity contribution in [2.45, 2.75) is 266 Å². The molecule has 0 saturated heterocycles. The number of hydrogen-bond acceptors (Lipinski definition) is 7. The van der Waals surface area contributed by atoms with Crippen LogP contribution in [0, 0.1) is 68.5 Å². The number of esters is 2. The van der Waals surface area contributed by atoms with Crippen molar-refractivity contribution in [3.8, 4) is 11.8 Å². The number of aliphatic hydroxyl groups is 3. The highest BCUT2D eigenvalue weighted by atomic mass is 16.5. The fraction of sp³-hybridized carbons (Fsp3) is 0.609. The fourth-order valence-corrected chi connectivity index (χ4v) is 25.7. The summed E-state index contributed by atoms with van der Waals surface area (Å²) in [5.74, 6) is 9.02. The number of fused-ring (bicyclic) bond motifs is 7. The lowest BCUT2D eigenvalue weighted by Crippen LogP contribution is -2.79. The van der Waals surface area contributed by atoms with Crippen molar-refractivity contribution in [2.24, 2.45) is 56.7 Å². The number of aliphatic hydroxyl groups excluding tert-OH is 2. The minimum absolute atomic E-state index is 0.0350. The Morgan fingerprint density at radius 2 is 1.38 bits per heavy atom. The third-order valence-corrected chi connectivity index (χ3v) is 30.0. The van der Waals surface area contributed by atoms with Crippen LogP contribution in [0.1, 0.15) is 258 Å². The lowest BCUT2D eigenvalue weighted by atomic mass is 9.34. The third kappa shape index (κ3) is 9.68. The Kier molecular flexibility index (Phi) is 16.3. The van der Waals surface area contributed by atoms with Crippen LogP contribution in [0.5, 0.6) is 0 Å². The Balaban J connectivity index is 0.825. The number of hydrogen-bond donors (Lipinski definition) is 3. The predicted octanol–water partition coefficient (Wildman–Crippen LogP) is 18.6. The van der Waals surface area contributed by atoms with Gasteiger partial charge in [-0.15, -0.1) is 5.92 Å². The number of carbonyl (C=O) groups is 2. The molecule has 11 aliphatic rings. The zero-order valence-electron chi connectivity index (χ0n) is 56.9. The van der Waals surface area contributed by atoms with Crippen molar-refractivity contribution in [1.29, 1.82) is 0 Å². The van der Waals surface area contributed by atoms with Crippen molar-refractivity contribution >= 4 is 22.7 Å². The average molecular weight is 1260 g/mol. The number of carbonyl (C=O) groups excluding carboxylic acids is 2. The van der Waals surface area contributed by atoms with Gasteiger partial charge >= 0.3 is 11.9 Å². The van der Waals surface area contributed by atoms with E-state index >= 15 is 9.90 Å². The van der Waals surface area contributed by atoms with Crippen LogP contribution < -0.4 is 0 Å². The van der Waals surface area contributed by atoms with Gasteiger partial charge in [0.2, 0.25) is 0 Å². The minimum atomic E-state index is -1.79. The number of ether oxygens (including phenoxy) is 2. The van der Waals surface area contributed by atoms with E-state index in [2.05, 4.69) is 154 Å². The van der Waals surface area contributed by atoms with Crippen molar-refractivity contribution in [2.75, 3.05) is 6.61 Å². The zero-order chi connectivity index (χ0) is 64.3. The molecule has 5 aromatic rings. The number of aryl methyl sites for hydroxylation is 1. The Hall–Kier alpha value is -5.52. The van der Waals surface area contributed by atoms with E-state index in [0.717, 1.165) is 69.8 Å². The van der Waals surface area contributed by atoms with Crippen LogP contribution in [0.25, 0.3) is 10.8 Å². The molecule has 5 aromatic carbocycles. The first-order valence-corrected chi connectivity index (χ1v) is 38.0. The van der Waals surface area contributed by atoms with E-state index in [1.165, 1.54) is 91.7 Å². The third-order valence-electron chi connectivity index (χ3n) is 30.0. The molecule has 7 heteroatoms. The van der Waals surface area contributed by atoms with E-state index < -0.39 is 51.5 Å². The summed E-state index contributed by atoms with van der Waals surface area (Å²) in [7, 11) is 0. The van der Waals surface area contributed by atoms with Crippen molar-refractivity contribution < 1.29 is 34.4 Å². The van der Waals surface area contributed by atoms with Crippen LogP contribution in [0.3, 0.4) is 0 Å². The summed E-state index contributed by atoms with van der Waals surface area (Å²) in [6.07, 6.45) is 26.0. The van der Waals surface area contributed by atoms with Crippen LogP contribution >= 0.6 is 0 Å². The van der Waals surface area contributed by atoms with Crippen LogP contribution in [-0.4, -0.2) is 57.8 Å². The Morgan fingerprint density at radius 1 is 0.649 bits per heavy atom.